The maximum Gasteiger partial charge on any atom is 0.321 e. The Hall–Kier alpha value is -3.60. The molecule has 3 amide bonds. The van der Waals surface area contributed by atoms with Crippen molar-refractivity contribution in [2.45, 2.75) is 25.3 Å². The second-order valence-corrected chi connectivity index (χ2v) is 7.74. The Bertz CT molecular complexity index is 1000. The molecule has 1 aliphatic rings. The third kappa shape index (κ3) is 5.31. The predicted molar refractivity (Wildman–Crippen MR) is 123 cm³/mol. The van der Waals surface area contributed by atoms with Gasteiger partial charge in [0.15, 0.2) is 0 Å². The van der Waals surface area contributed by atoms with E-state index >= 15 is 0 Å². The van der Waals surface area contributed by atoms with Crippen LogP contribution in [0, 0.1) is 0 Å². The molecule has 1 atom stereocenters. The average Bonchev–Trinajstić information content (AvgIpc) is 3.25. The van der Waals surface area contributed by atoms with Gasteiger partial charge < -0.3 is 10.6 Å². The van der Waals surface area contributed by atoms with Crippen LogP contribution in [-0.4, -0.2) is 25.0 Å². The highest BCUT2D eigenvalue weighted by Gasteiger charge is 2.21. The van der Waals surface area contributed by atoms with Crippen LogP contribution < -0.4 is 15.5 Å². The minimum Gasteiger partial charge on any atom is -0.345 e. The number of hydrogen-bond donors (Lipinski definition) is 2. The van der Waals surface area contributed by atoms with Gasteiger partial charge in [0.05, 0.1) is 6.04 Å². The van der Waals surface area contributed by atoms with Gasteiger partial charge in [0.2, 0.25) is 0 Å². The Morgan fingerprint density at radius 3 is 2.26 bits per heavy atom. The number of carbonyl (C=O) groups excluding carboxylic acids is 2. The number of nitrogens with zero attached hydrogens (tertiary/aromatic N) is 1. The van der Waals surface area contributed by atoms with Crippen LogP contribution in [0.15, 0.2) is 84.9 Å². The predicted octanol–water partition coefficient (Wildman–Crippen LogP) is 4.71. The number of aryl methyl sites for hydroxylation is 1. The number of rotatable bonds is 8. The van der Waals surface area contributed by atoms with E-state index in [4.69, 9.17) is 0 Å². The zero-order chi connectivity index (χ0) is 21.5. The number of anilines is 1. The summed E-state index contributed by atoms with van der Waals surface area (Å²) in [6.07, 6.45) is 2.82. The molecule has 3 aromatic carbocycles. The number of carbonyl (C=O) groups is 2. The molecule has 2 N–H and O–H groups in total. The van der Waals surface area contributed by atoms with E-state index in [1.54, 1.807) is 17.0 Å². The van der Waals surface area contributed by atoms with Gasteiger partial charge in [-0.25, -0.2) is 4.79 Å². The molecule has 1 fully saturated rings. The van der Waals surface area contributed by atoms with Gasteiger partial charge in [-0.05, 0) is 54.7 Å². The van der Waals surface area contributed by atoms with Crippen molar-refractivity contribution in [1.29, 1.82) is 0 Å². The van der Waals surface area contributed by atoms with Gasteiger partial charge in [-0.1, -0.05) is 60.7 Å². The van der Waals surface area contributed by atoms with Crippen molar-refractivity contribution in [3.05, 3.63) is 102 Å². The molecule has 1 unspecified atom stereocenters. The molecule has 1 heterocycles. The third-order valence-electron chi connectivity index (χ3n) is 5.61. The number of hydrogen-bond acceptors (Lipinski definition) is 2. The third-order valence-corrected chi connectivity index (χ3v) is 5.61. The molecule has 1 aliphatic heterocycles. The lowest BCUT2D eigenvalue weighted by Gasteiger charge is -2.20. The van der Waals surface area contributed by atoms with Crippen molar-refractivity contribution in [2.24, 2.45) is 0 Å². The summed E-state index contributed by atoms with van der Waals surface area (Å²) in [5.74, 6) is -0.106. The van der Waals surface area contributed by atoms with Crippen molar-refractivity contribution >= 4 is 17.6 Å². The summed E-state index contributed by atoms with van der Waals surface area (Å²) in [5, 5.41) is 5.99. The second kappa shape index (κ2) is 9.94. The topological polar surface area (TPSA) is 61.4 Å². The van der Waals surface area contributed by atoms with E-state index in [0.29, 0.717) is 18.7 Å². The first kappa shape index (κ1) is 20.7. The van der Waals surface area contributed by atoms with E-state index in [1.165, 1.54) is 5.56 Å². The monoisotopic (exact) mass is 413 g/mol. The summed E-state index contributed by atoms with van der Waals surface area (Å²) in [7, 11) is 0. The first-order valence-electron chi connectivity index (χ1n) is 10.8. The molecule has 31 heavy (non-hydrogen) atoms. The fourth-order valence-corrected chi connectivity index (χ4v) is 3.91. The Morgan fingerprint density at radius 2 is 1.61 bits per heavy atom. The summed E-state index contributed by atoms with van der Waals surface area (Å²) in [6, 6.07) is 27.6. The molecule has 0 aliphatic carbocycles. The van der Waals surface area contributed by atoms with Gasteiger partial charge in [0.25, 0.3) is 5.91 Å². The zero-order valence-electron chi connectivity index (χ0n) is 17.5. The lowest BCUT2D eigenvalue weighted by atomic mass is 9.98. The van der Waals surface area contributed by atoms with Crippen molar-refractivity contribution in [3.63, 3.8) is 0 Å². The first-order chi connectivity index (χ1) is 15.2. The highest BCUT2D eigenvalue weighted by molar-refractivity contribution is 5.97. The van der Waals surface area contributed by atoms with E-state index in [1.807, 2.05) is 36.4 Å². The molecule has 0 radical (unpaired) electrons. The molecule has 5 heteroatoms. The fourth-order valence-electron chi connectivity index (χ4n) is 3.91. The van der Waals surface area contributed by atoms with Gasteiger partial charge in [-0.2, -0.15) is 0 Å². The highest BCUT2D eigenvalue weighted by atomic mass is 16.2. The van der Waals surface area contributed by atoms with Gasteiger partial charge in [-0.3, -0.25) is 9.69 Å². The lowest BCUT2D eigenvalue weighted by molar-refractivity contribution is 0.0934. The first-order valence-corrected chi connectivity index (χ1v) is 10.8. The van der Waals surface area contributed by atoms with Gasteiger partial charge in [-0.15, -0.1) is 0 Å². The minimum absolute atomic E-state index is 0.0542. The standard InChI is InChI=1S/C26H27N3O2/c30-25(22-14-16-23(17-15-22)29-19-18-27-26(29)31)28-24(21-11-5-2-6-12-21)13-7-10-20-8-3-1-4-9-20/h1-6,8-9,11-12,14-17,24H,7,10,13,18-19H2,(H,27,31)(H,28,30). The largest absolute Gasteiger partial charge is 0.345 e. The normalized spacial score (nSPS) is 14.2. The molecule has 4 rings (SSSR count). The number of urea groups is 1. The summed E-state index contributed by atoms with van der Waals surface area (Å²) in [4.78, 5) is 26.5. The van der Waals surface area contributed by atoms with Crippen LogP contribution in [0.2, 0.25) is 0 Å². The maximum atomic E-state index is 13.0. The van der Waals surface area contributed by atoms with E-state index < -0.39 is 0 Å². The van der Waals surface area contributed by atoms with Crippen LogP contribution in [0.1, 0.15) is 40.4 Å². The highest BCUT2D eigenvalue weighted by Crippen LogP contribution is 2.22. The lowest BCUT2D eigenvalue weighted by Crippen LogP contribution is -2.29. The Kier molecular flexibility index (Phi) is 6.62. The molecule has 158 valence electrons. The van der Waals surface area contributed by atoms with Crippen molar-refractivity contribution < 1.29 is 9.59 Å². The van der Waals surface area contributed by atoms with Crippen LogP contribution in [0.3, 0.4) is 0 Å². The van der Waals surface area contributed by atoms with E-state index in [-0.39, 0.29) is 18.0 Å². The summed E-state index contributed by atoms with van der Waals surface area (Å²) in [5.41, 5.74) is 3.80. The Balaban J connectivity index is 1.42. The number of amides is 3. The molecule has 3 aromatic rings. The molecular weight excluding hydrogens is 386 g/mol. The number of benzene rings is 3. The minimum atomic E-state index is -0.106. The van der Waals surface area contributed by atoms with Crippen molar-refractivity contribution in [3.8, 4) is 0 Å². The van der Waals surface area contributed by atoms with E-state index in [9.17, 15) is 9.59 Å². The maximum absolute atomic E-state index is 13.0. The smallest absolute Gasteiger partial charge is 0.321 e. The van der Waals surface area contributed by atoms with Gasteiger partial charge in [0, 0.05) is 24.3 Å². The summed E-state index contributed by atoms with van der Waals surface area (Å²) >= 11 is 0. The van der Waals surface area contributed by atoms with Crippen LogP contribution in [-0.2, 0) is 6.42 Å². The SMILES string of the molecule is O=C(NC(CCCc1ccccc1)c1ccccc1)c1ccc(N2CCNC2=O)cc1. The fraction of sp³-hybridized carbons (Fsp3) is 0.231. The Labute approximate surface area is 183 Å². The second-order valence-electron chi connectivity index (χ2n) is 7.74. The zero-order valence-corrected chi connectivity index (χ0v) is 17.5. The van der Waals surface area contributed by atoms with Crippen molar-refractivity contribution in [2.75, 3.05) is 18.0 Å². The quantitative estimate of drug-likeness (QED) is 0.562. The van der Waals surface area contributed by atoms with Crippen LogP contribution in [0.25, 0.3) is 0 Å². The molecule has 0 saturated carbocycles. The molecule has 0 aromatic heterocycles. The molecule has 0 spiro atoms. The van der Waals surface area contributed by atoms with Gasteiger partial charge in [0.1, 0.15) is 0 Å². The van der Waals surface area contributed by atoms with E-state index in [0.717, 1.165) is 30.5 Å². The van der Waals surface area contributed by atoms with Gasteiger partial charge >= 0.3 is 6.03 Å². The molecular formula is C26H27N3O2. The molecule has 0 bridgehead atoms. The Morgan fingerprint density at radius 1 is 0.935 bits per heavy atom. The van der Waals surface area contributed by atoms with E-state index in [2.05, 4.69) is 47.0 Å². The summed E-state index contributed by atoms with van der Waals surface area (Å²) in [6.45, 7) is 1.28. The average molecular weight is 414 g/mol. The van der Waals surface area contributed by atoms with Crippen LogP contribution >= 0.6 is 0 Å². The molecule has 5 nitrogen and oxygen atoms in total. The summed E-state index contributed by atoms with van der Waals surface area (Å²) < 4.78 is 0. The molecule has 1 saturated heterocycles. The number of nitrogens with one attached hydrogen (secondary N) is 2. The van der Waals surface area contributed by atoms with Crippen LogP contribution in [0.5, 0.6) is 0 Å². The van der Waals surface area contributed by atoms with Crippen molar-refractivity contribution in [1.82, 2.24) is 10.6 Å². The van der Waals surface area contributed by atoms with Crippen LogP contribution in [0.4, 0.5) is 10.5 Å².